The highest BCUT2D eigenvalue weighted by Crippen LogP contribution is 2.33. The standard InChI is InChI=1S/C51H54N10O5S/c1-60-29-35(26-33-12-3-5-14-42(33)60)54-49(63)38-21-19-32-18-20-37-39(28-40(57-47(37)46(32)56-38)50(64)55-36-27-34-13-4-6-15-43(34)61(2)30-36)52-23-11-25-66-24-10-9-22-53-45(62)17-8-7-16-44-48-41(31-67-44)58-51(65)59-48/h3-6,12-15,18-21,26-30,41,44,48H,7-11,16-17,22-25,31H2,1-2H3,(H4-2,52,53,54,55,57,58,59,62,63,64,65)/p+2/t41-,44-,48-/m0/s1. The summed E-state index contributed by atoms with van der Waals surface area (Å²) in [6, 6.07) is 29.4. The van der Waals surface area contributed by atoms with Gasteiger partial charge in [0.15, 0.2) is 12.4 Å². The van der Waals surface area contributed by atoms with Gasteiger partial charge in [-0.3, -0.25) is 14.4 Å². The van der Waals surface area contributed by atoms with Crippen LogP contribution in [0, 0.1) is 0 Å². The number of unbranched alkanes of at least 4 members (excludes halogenated alkanes) is 2. The number of aryl methyl sites for hydroxylation is 2. The Bertz CT molecular complexity index is 3000. The van der Waals surface area contributed by atoms with Crippen molar-refractivity contribution in [2.24, 2.45) is 14.1 Å². The summed E-state index contributed by atoms with van der Waals surface area (Å²) in [6.07, 6.45) is 9.44. The summed E-state index contributed by atoms with van der Waals surface area (Å²) in [5, 5.41) is 22.6. The summed E-state index contributed by atoms with van der Waals surface area (Å²) in [5.74, 6) is 0.275. The van der Waals surface area contributed by atoms with Gasteiger partial charge in [0.25, 0.3) is 11.8 Å². The maximum absolute atomic E-state index is 14.0. The lowest BCUT2D eigenvalue weighted by atomic mass is 10.0. The SMILES string of the molecule is C[n+]1cc(NC(=O)c2ccc3ccc4c(NCCCOCCCCNC(=O)CCCC[C@@H]5SC[C@@H]6NC(=O)N[C@@H]65)cc(C(=O)Nc5cc6ccccc6[n+](C)c5)nc4c3n2)cc2ccccc21. The number of urea groups is 1. The molecule has 15 nitrogen and oxygen atoms in total. The average Bonchev–Trinajstić information content (AvgIpc) is 3.89. The van der Waals surface area contributed by atoms with Crippen molar-refractivity contribution in [3.63, 3.8) is 0 Å². The first-order valence-corrected chi connectivity index (χ1v) is 24.1. The van der Waals surface area contributed by atoms with E-state index in [1.54, 1.807) is 12.1 Å². The largest absolute Gasteiger partial charge is 0.384 e. The third kappa shape index (κ3) is 10.7. The Morgan fingerprint density at radius 3 is 2.13 bits per heavy atom. The number of aromatic nitrogens is 4. The third-order valence-electron chi connectivity index (χ3n) is 12.4. The maximum atomic E-state index is 14.0. The molecular formula is C51H56N10O5S+2. The first-order valence-electron chi connectivity index (χ1n) is 23.1. The maximum Gasteiger partial charge on any atom is 0.315 e. The fourth-order valence-electron chi connectivity index (χ4n) is 9.03. The number of amides is 5. The third-order valence-corrected chi connectivity index (χ3v) is 13.9. The molecule has 2 fully saturated rings. The number of hydrogen-bond donors (Lipinski definition) is 6. The Morgan fingerprint density at radius 1 is 0.716 bits per heavy atom. The Morgan fingerprint density at radius 2 is 1.39 bits per heavy atom. The van der Waals surface area contributed by atoms with Crippen LogP contribution >= 0.6 is 11.8 Å². The van der Waals surface area contributed by atoms with Gasteiger partial charge in [-0.2, -0.15) is 20.9 Å². The van der Waals surface area contributed by atoms with E-state index in [2.05, 4.69) is 31.9 Å². The molecule has 2 saturated heterocycles. The monoisotopic (exact) mass is 920 g/mol. The Hall–Kier alpha value is -6.91. The van der Waals surface area contributed by atoms with Gasteiger partial charge >= 0.3 is 6.03 Å². The van der Waals surface area contributed by atoms with Crippen LogP contribution in [0.3, 0.4) is 0 Å². The van der Waals surface area contributed by atoms with Crippen molar-refractivity contribution in [3.05, 3.63) is 115 Å². The van der Waals surface area contributed by atoms with Crippen molar-refractivity contribution in [2.75, 3.05) is 48.0 Å². The van der Waals surface area contributed by atoms with E-state index in [9.17, 15) is 19.2 Å². The van der Waals surface area contributed by atoms with Crippen LogP contribution in [-0.2, 0) is 23.6 Å². The molecule has 0 radical (unpaired) electrons. The molecule has 9 rings (SSSR count). The number of ether oxygens (including phenoxy) is 1. The van der Waals surface area contributed by atoms with E-state index in [1.165, 1.54) is 0 Å². The van der Waals surface area contributed by atoms with E-state index in [-0.39, 0.29) is 47.2 Å². The molecule has 344 valence electrons. The van der Waals surface area contributed by atoms with E-state index in [0.29, 0.717) is 72.5 Å². The van der Waals surface area contributed by atoms with Gasteiger partial charge in [-0.25, -0.2) is 14.8 Å². The molecular weight excluding hydrogens is 865 g/mol. The average molecular weight is 921 g/mol. The number of para-hydroxylation sites is 2. The quantitative estimate of drug-likeness (QED) is 0.0223. The van der Waals surface area contributed by atoms with E-state index < -0.39 is 0 Å². The Kier molecular flexibility index (Phi) is 14.0. The second-order valence-corrected chi connectivity index (χ2v) is 18.6. The van der Waals surface area contributed by atoms with E-state index in [0.717, 1.165) is 70.4 Å². The molecule has 2 aliphatic heterocycles. The molecule has 5 amide bonds. The van der Waals surface area contributed by atoms with Crippen molar-refractivity contribution < 1.29 is 33.0 Å². The molecule has 6 N–H and O–H groups in total. The fraction of sp³-hybridized carbons (Fsp3) is 0.333. The number of nitrogens with zero attached hydrogens (tertiary/aromatic N) is 4. The van der Waals surface area contributed by atoms with Crippen LogP contribution in [0.2, 0.25) is 0 Å². The minimum Gasteiger partial charge on any atom is -0.384 e. The predicted molar refractivity (Wildman–Crippen MR) is 263 cm³/mol. The molecule has 0 unspecified atom stereocenters. The summed E-state index contributed by atoms with van der Waals surface area (Å²) in [5.41, 5.74) is 5.45. The smallest absolute Gasteiger partial charge is 0.315 e. The fourth-order valence-corrected chi connectivity index (χ4v) is 10.6. The van der Waals surface area contributed by atoms with Crippen molar-refractivity contribution in [3.8, 4) is 0 Å². The molecule has 67 heavy (non-hydrogen) atoms. The zero-order chi connectivity index (χ0) is 46.3. The lowest BCUT2D eigenvalue weighted by molar-refractivity contribution is -0.644. The number of thioether (sulfide) groups is 1. The number of rotatable bonds is 19. The summed E-state index contributed by atoms with van der Waals surface area (Å²) in [6.45, 7) is 2.31. The summed E-state index contributed by atoms with van der Waals surface area (Å²) in [7, 11) is 3.88. The molecule has 2 aliphatic rings. The van der Waals surface area contributed by atoms with E-state index in [1.807, 2.05) is 126 Å². The Balaban J connectivity index is 0.814. The van der Waals surface area contributed by atoms with Gasteiger partial charge in [0.2, 0.25) is 16.9 Å². The van der Waals surface area contributed by atoms with Crippen LogP contribution in [-0.4, -0.2) is 83.1 Å². The van der Waals surface area contributed by atoms with Gasteiger partial charge < -0.3 is 36.6 Å². The second kappa shape index (κ2) is 20.7. The number of carbonyl (C=O) groups is 4. The van der Waals surface area contributed by atoms with Crippen molar-refractivity contribution in [1.82, 2.24) is 25.9 Å². The van der Waals surface area contributed by atoms with Crippen LogP contribution in [0.5, 0.6) is 0 Å². The summed E-state index contributed by atoms with van der Waals surface area (Å²) in [4.78, 5) is 61.6. The number of hydrogen-bond acceptors (Lipinski definition) is 9. The van der Waals surface area contributed by atoms with Gasteiger partial charge in [-0.15, -0.1) is 0 Å². The first-order chi connectivity index (χ1) is 32.7. The summed E-state index contributed by atoms with van der Waals surface area (Å²) >= 11 is 1.90. The summed E-state index contributed by atoms with van der Waals surface area (Å²) < 4.78 is 9.89. The number of nitrogens with one attached hydrogen (secondary N) is 6. The molecule has 3 aromatic carbocycles. The zero-order valence-corrected chi connectivity index (χ0v) is 38.6. The first kappa shape index (κ1) is 45.3. The van der Waals surface area contributed by atoms with Crippen LogP contribution < -0.4 is 41.0 Å². The van der Waals surface area contributed by atoms with Gasteiger partial charge in [0.05, 0.1) is 23.1 Å². The number of carbonyl (C=O) groups excluding carboxylic acids is 4. The lowest BCUT2D eigenvalue weighted by Gasteiger charge is -2.16. The van der Waals surface area contributed by atoms with E-state index >= 15 is 0 Å². The van der Waals surface area contributed by atoms with Crippen LogP contribution in [0.1, 0.15) is 65.9 Å². The minimum absolute atomic E-state index is 0.0668. The highest BCUT2D eigenvalue weighted by atomic mass is 32.2. The number of fused-ring (bicyclic) bond motifs is 6. The normalized spacial score (nSPS) is 16.5. The highest BCUT2D eigenvalue weighted by molar-refractivity contribution is 8.00. The molecule has 7 aromatic rings. The highest BCUT2D eigenvalue weighted by Gasteiger charge is 2.42. The molecule has 6 heterocycles. The number of pyridine rings is 4. The molecule has 0 saturated carbocycles. The van der Waals surface area contributed by atoms with Crippen LogP contribution in [0.4, 0.5) is 21.9 Å². The zero-order valence-electron chi connectivity index (χ0n) is 37.8. The van der Waals surface area contributed by atoms with E-state index in [4.69, 9.17) is 14.7 Å². The topological polar surface area (TPSA) is 183 Å². The number of anilines is 3. The van der Waals surface area contributed by atoms with Crippen LogP contribution in [0.15, 0.2) is 103 Å². The lowest BCUT2D eigenvalue weighted by Crippen LogP contribution is -2.36. The van der Waals surface area contributed by atoms with Crippen LogP contribution in [0.25, 0.3) is 43.6 Å². The van der Waals surface area contributed by atoms with Gasteiger partial charge in [-0.05, 0) is 74.6 Å². The molecule has 4 aromatic heterocycles. The number of benzene rings is 3. The molecule has 0 spiro atoms. The second-order valence-electron chi connectivity index (χ2n) is 17.3. The Labute approximate surface area is 392 Å². The van der Waals surface area contributed by atoms with Gasteiger partial charge in [0, 0.05) is 83.1 Å². The minimum atomic E-state index is -0.384. The predicted octanol–water partition coefficient (Wildman–Crippen LogP) is 6.68. The van der Waals surface area contributed by atoms with Gasteiger partial charge in [0.1, 0.15) is 36.9 Å². The molecule has 16 heteroatoms. The van der Waals surface area contributed by atoms with Crippen molar-refractivity contribution >= 4 is 96.2 Å². The van der Waals surface area contributed by atoms with Gasteiger partial charge in [-0.1, -0.05) is 42.8 Å². The molecule has 3 atom stereocenters. The molecule has 0 aliphatic carbocycles. The van der Waals surface area contributed by atoms with Crippen molar-refractivity contribution in [1.29, 1.82) is 0 Å². The van der Waals surface area contributed by atoms with Crippen molar-refractivity contribution in [2.45, 2.75) is 62.3 Å². The molecule has 0 bridgehead atoms.